The first-order valence-corrected chi connectivity index (χ1v) is 20.2. The molecule has 13 heteroatoms. The molecule has 1 aliphatic heterocycles. The molecule has 2 N–H and O–H groups in total. The minimum absolute atomic E-state index is 0.0616. The van der Waals surface area contributed by atoms with Crippen molar-refractivity contribution in [1.82, 2.24) is 14.5 Å². The van der Waals surface area contributed by atoms with Gasteiger partial charge in [0, 0.05) is 42.3 Å². The van der Waals surface area contributed by atoms with Crippen LogP contribution in [0.3, 0.4) is 0 Å². The number of hydrogen-bond acceptors (Lipinski definition) is 8. The number of halogens is 1. The lowest BCUT2D eigenvalue weighted by Crippen LogP contribution is -2.49. The van der Waals surface area contributed by atoms with Gasteiger partial charge in [-0.05, 0) is 105 Å². The molecule has 2 aliphatic carbocycles. The van der Waals surface area contributed by atoms with Crippen LogP contribution in [0.5, 0.6) is 11.6 Å². The van der Waals surface area contributed by atoms with Gasteiger partial charge in [0.25, 0.3) is 11.8 Å². The summed E-state index contributed by atoms with van der Waals surface area (Å²) >= 11 is 6.44. The summed E-state index contributed by atoms with van der Waals surface area (Å²) in [4.78, 5) is 30.0. The number of rotatable bonds is 12. The Morgan fingerprint density at radius 3 is 2.74 bits per heavy atom. The maximum Gasteiger partial charge on any atom is 0.286 e. The second kappa shape index (κ2) is 15.7. The van der Waals surface area contributed by atoms with Crippen molar-refractivity contribution in [3.8, 4) is 11.6 Å². The zero-order chi connectivity index (χ0) is 38.1. The van der Waals surface area contributed by atoms with Crippen molar-refractivity contribution in [2.24, 2.45) is 29.2 Å². The first-order valence-electron chi connectivity index (χ1n) is 18.2. The summed E-state index contributed by atoms with van der Waals surface area (Å²) in [5.74, 6) is -0.694. The first kappa shape index (κ1) is 38.6. The minimum Gasteiger partial charge on any atom is -0.490 e. The van der Waals surface area contributed by atoms with Crippen LogP contribution < -0.4 is 19.1 Å². The normalized spacial score (nSPS) is 23.4. The Morgan fingerprint density at radius 2 is 2.04 bits per heavy atom. The molecule has 1 spiro atoms. The second-order valence-corrected chi connectivity index (χ2v) is 17.5. The number of benzene rings is 2. The molecule has 0 radical (unpaired) electrons. The molecule has 7 atom stereocenters. The quantitative estimate of drug-likeness (QED) is 0.195. The van der Waals surface area contributed by atoms with E-state index in [-0.39, 0.29) is 40.2 Å². The van der Waals surface area contributed by atoms with Gasteiger partial charge in [-0.15, -0.1) is 22.6 Å². The highest BCUT2D eigenvalue weighted by atomic mass is 35.5. The van der Waals surface area contributed by atoms with Gasteiger partial charge in [0.05, 0.1) is 30.8 Å². The van der Waals surface area contributed by atoms with Crippen LogP contribution in [0, 0.1) is 17.8 Å². The molecule has 1 aromatic heterocycles. The molecule has 3 aliphatic rings. The number of aromatic nitrogens is 2. The zero-order valence-corrected chi connectivity index (χ0v) is 32.5. The van der Waals surface area contributed by atoms with Crippen molar-refractivity contribution in [1.29, 1.82) is 0 Å². The van der Waals surface area contributed by atoms with E-state index in [4.69, 9.17) is 21.1 Å². The van der Waals surface area contributed by atoms with Gasteiger partial charge in [0.2, 0.25) is 5.88 Å². The summed E-state index contributed by atoms with van der Waals surface area (Å²) in [5.41, 5.74) is 3.12. The topological polar surface area (TPSA) is 135 Å². The zero-order valence-electron chi connectivity index (χ0n) is 30.9. The number of aliphatic hydroxyl groups excluding tert-OH is 1. The largest absolute Gasteiger partial charge is 0.490 e. The number of amides is 2. The predicted octanol–water partition coefficient (Wildman–Crippen LogP) is 6.68. The van der Waals surface area contributed by atoms with E-state index < -0.39 is 33.1 Å². The summed E-state index contributed by atoms with van der Waals surface area (Å²) in [7, 11) is -0.661. The molecule has 6 rings (SSSR count). The maximum atomic E-state index is 14.7. The number of fused-ring (bicyclic) bond motifs is 3. The number of carbonyl (C=O) groups is 2. The molecule has 0 bridgehead atoms. The van der Waals surface area contributed by atoms with Gasteiger partial charge in [0.1, 0.15) is 21.2 Å². The van der Waals surface area contributed by atoms with Crippen LogP contribution in [0.25, 0.3) is 0 Å². The Bertz CT molecular complexity index is 2020. The van der Waals surface area contributed by atoms with Crippen LogP contribution in [0.4, 0.5) is 5.69 Å². The van der Waals surface area contributed by atoms with Crippen molar-refractivity contribution in [2.45, 2.75) is 69.1 Å². The second-order valence-electron chi connectivity index (χ2n) is 14.8. The average molecular weight is 764 g/mol. The third-order valence-corrected chi connectivity index (χ3v) is 14.1. The van der Waals surface area contributed by atoms with E-state index in [1.54, 1.807) is 44.3 Å². The molecule has 11 nitrogen and oxygen atoms in total. The number of ether oxygens (including phenoxy) is 2. The lowest BCUT2D eigenvalue weighted by atomic mass is 9.68. The van der Waals surface area contributed by atoms with E-state index >= 15 is 0 Å². The van der Waals surface area contributed by atoms with Crippen LogP contribution in [0.2, 0.25) is 5.02 Å². The molecule has 1 unspecified atom stereocenters. The number of nitrogens with one attached hydrogen (secondary N) is 1. The van der Waals surface area contributed by atoms with E-state index in [2.05, 4.69) is 44.4 Å². The van der Waals surface area contributed by atoms with Crippen molar-refractivity contribution >= 4 is 39.0 Å². The van der Waals surface area contributed by atoms with Crippen LogP contribution in [-0.2, 0) is 28.8 Å². The van der Waals surface area contributed by atoms with E-state index in [1.807, 2.05) is 13.0 Å². The SMILES string of the molecule is C=CC[C@H](C)[C@@H](C)S(=O)(=NC(=O)c1ccc2c(c1)N(C[C@@H]1CC[C@H]1[C@@H](O)C=C)C[C@@]1(CCCc3cc(Cl)ccc31)CO2)NC(=O)c1cn(C)nc1OC. The summed E-state index contributed by atoms with van der Waals surface area (Å²) in [6, 6.07) is 11.3. The number of nitrogens with zero attached hydrogens (tertiary/aromatic N) is 4. The third kappa shape index (κ3) is 7.77. The van der Waals surface area contributed by atoms with Crippen molar-refractivity contribution in [3.05, 3.63) is 95.2 Å². The van der Waals surface area contributed by atoms with Gasteiger partial charge in [-0.3, -0.25) is 19.0 Å². The number of methoxy groups -OCH3 is 1. The number of hydrogen-bond donors (Lipinski definition) is 2. The van der Waals surface area contributed by atoms with Crippen LogP contribution in [0.1, 0.15) is 77.8 Å². The smallest absolute Gasteiger partial charge is 0.286 e. The molecule has 2 aromatic carbocycles. The highest BCUT2D eigenvalue weighted by Gasteiger charge is 2.44. The van der Waals surface area contributed by atoms with Crippen LogP contribution in [-0.4, -0.2) is 69.1 Å². The predicted molar refractivity (Wildman–Crippen MR) is 208 cm³/mol. The molecular weight excluding hydrogens is 714 g/mol. The highest BCUT2D eigenvalue weighted by molar-refractivity contribution is 7.93. The Labute approximate surface area is 317 Å². The van der Waals surface area contributed by atoms with E-state index in [1.165, 1.54) is 29.1 Å². The summed E-state index contributed by atoms with van der Waals surface area (Å²) in [6.45, 7) is 13.0. The summed E-state index contributed by atoms with van der Waals surface area (Å²) in [5, 5.41) is 14.9. The van der Waals surface area contributed by atoms with Crippen molar-refractivity contribution in [2.75, 3.05) is 31.7 Å². The summed E-state index contributed by atoms with van der Waals surface area (Å²) in [6.07, 6.45) is 9.38. The van der Waals surface area contributed by atoms with Crippen molar-refractivity contribution in [3.63, 3.8) is 0 Å². The molecule has 1 fully saturated rings. The Hall–Kier alpha value is -4.13. The number of carbonyl (C=O) groups excluding carboxylic acids is 2. The fourth-order valence-corrected chi connectivity index (χ4v) is 10.1. The lowest BCUT2D eigenvalue weighted by molar-refractivity contribution is 0.0460. The monoisotopic (exact) mass is 763 g/mol. The maximum absolute atomic E-state index is 14.7. The fourth-order valence-electron chi connectivity index (χ4n) is 8.08. The number of anilines is 1. The summed E-state index contributed by atoms with van der Waals surface area (Å²) < 4.78 is 34.9. The molecule has 284 valence electrons. The molecular formula is C40H50ClN5O6S. The van der Waals surface area contributed by atoms with Crippen LogP contribution in [0.15, 0.2) is 72.3 Å². The molecule has 2 heterocycles. The van der Waals surface area contributed by atoms with Gasteiger partial charge in [0.15, 0.2) is 0 Å². The van der Waals surface area contributed by atoms with E-state index in [9.17, 15) is 18.9 Å². The Balaban J connectivity index is 1.39. The number of allylic oxidation sites excluding steroid dienone is 1. The van der Waals surface area contributed by atoms with Crippen LogP contribution >= 0.6 is 11.6 Å². The molecule has 0 saturated heterocycles. The van der Waals surface area contributed by atoms with Gasteiger partial charge in [-0.1, -0.05) is 36.7 Å². The fraction of sp³-hybridized carbons (Fsp3) is 0.475. The third-order valence-electron chi connectivity index (χ3n) is 11.4. The standard InChI is InChI=1S/C40H50ClN5O6S/c1-7-10-25(3)26(4)53(50,44-38(49)32-22-45(5)42-39(32)51-6)43-37(48)28-13-17-36-34(20-28)46(21-29-12-15-31(29)35(47)8-2)23-40(24-52-36)18-9-11-27-19-30(41)14-16-33(27)40/h7-8,13-14,16-17,19-20,22,25-26,29,31,35,47H,1-2,9-12,15,18,21,23-24H2,3-6H3,(H,43,44,48,49,50)/t25-,26+,29-,31+,35-,40-,53?/m0/s1. The van der Waals surface area contributed by atoms with E-state index in [0.717, 1.165) is 37.8 Å². The Kier molecular flexibility index (Phi) is 11.4. The molecule has 53 heavy (non-hydrogen) atoms. The van der Waals surface area contributed by atoms with Gasteiger partial charge in [-0.25, -0.2) is 4.21 Å². The van der Waals surface area contributed by atoms with Gasteiger partial charge in [-0.2, -0.15) is 0 Å². The average Bonchev–Trinajstić information content (AvgIpc) is 3.44. The molecule has 2 amide bonds. The minimum atomic E-state index is -3.69. The molecule has 1 saturated carbocycles. The van der Waals surface area contributed by atoms with Crippen molar-refractivity contribution < 1.29 is 28.4 Å². The Morgan fingerprint density at radius 1 is 1.25 bits per heavy atom. The number of aliphatic hydroxyl groups is 1. The van der Waals surface area contributed by atoms with Gasteiger partial charge < -0.3 is 19.5 Å². The number of aryl methyl sites for hydroxylation is 2. The molecule has 3 aromatic rings. The first-order chi connectivity index (χ1) is 25.3. The lowest BCUT2D eigenvalue weighted by Gasteiger charge is -2.45. The highest BCUT2D eigenvalue weighted by Crippen LogP contribution is 2.46. The van der Waals surface area contributed by atoms with Gasteiger partial charge >= 0.3 is 0 Å². The van der Waals surface area contributed by atoms with E-state index in [0.29, 0.717) is 36.9 Å².